The lowest BCUT2D eigenvalue weighted by atomic mass is 10.1. The minimum atomic E-state index is -2.54. The van der Waals surface area contributed by atoms with E-state index in [0.717, 1.165) is 0 Å². The van der Waals surface area contributed by atoms with Crippen molar-refractivity contribution in [2.45, 2.75) is 5.92 Å². The lowest BCUT2D eigenvalue weighted by molar-refractivity contribution is -0.136. The van der Waals surface area contributed by atoms with Crippen LogP contribution in [0.15, 0.2) is 0 Å². The van der Waals surface area contributed by atoms with Crippen LogP contribution in [0.1, 0.15) is 0 Å². The van der Waals surface area contributed by atoms with Crippen molar-refractivity contribution in [3.05, 3.63) is 0 Å². The van der Waals surface area contributed by atoms with E-state index < -0.39 is 5.92 Å². The van der Waals surface area contributed by atoms with Crippen molar-refractivity contribution in [3.8, 4) is 0 Å². The summed E-state index contributed by atoms with van der Waals surface area (Å²) in [5.74, 6) is -2.54. The first-order valence-corrected chi connectivity index (χ1v) is 2.68. The Hall–Kier alpha value is -0.510. The van der Waals surface area contributed by atoms with Gasteiger partial charge in [-0.15, -0.1) is 0 Å². The van der Waals surface area contributed by atoms with E-state index in [0.29, 0.717) is 6.29 Å². The number of aldehydes is 1. The van der Waals surface area contributed by atoms with Gasteiger partial charge in [0, 0.05) is 0 Å². The highest BCUT2D eigenvalue weighted by atomic mass is 19.3. The van der Waals surface area contributed by atoms with Gasteiger partial charge in [0.2, 0.25) is 0 Å². The number of alkyl halides is 2. The molecule has 1 rings (SSSR count). The van der Waals surface area contributed by atoms with Gasteiger partial charge in [-0.1, -0.05) is 0 Å². The summed E-state index contributed by atoms with van der Waals surface area (Å²) in [6.07, 6.45) is 0.634. The summed E-state index contributed by atoms with van der Waals surface area (Å²) in [4.78, 5) is 11.1. The smallest absolute Gasteiger partial charge is 0.272 e. The zero-order valence-corrected chi connectivity index (χ0v) is 4.81. The maximum Gasteiger partial charge on any atom is 0.272 e. The molecule has 0 unspecified atom stereocenters. The highest BCUT2D eigenvalue weighted by molar-refractivity contribution is 5.52. The lowest BCUT2D eigenvalue weighted by Gasteiger charge is -2.37. The molecule has 2 nitrogen and oxygen atoms in total. The molecule has 0 atom stereocenters. The third-order valence-corrected chi connectivity index (χ3v) is 1.24. The second-order valence-electron chi connectivity index (χ2n) is 2.19. The Balaban J connectivity index is 2.19. The molecule has 0 aromatic carbocycles. The zero-order chi connectivity index (χ0) is 6.91. The van der Waals surface area contributed by atoms with Gasteiger partial charge in [0.1, 0.15) is 6.29 Å². The Morgan fingerprint density at radius 3 is 2.44 bits per heavy atom. The lowest BCUT2D eigenvalue weighted by Crippen LogP contribution is -2.56. The minimum absolute atomic E-state index is 0.135. The van der Waals surface area contributed by atoms with Crippen molar-refractivity contribution in [1.82, 2.24) is 4.90 Å². The van der Waals surface area contributed by atoms with Gasteiger partial charge in [-0.25, -0.2) is 8.78 Å². The third kappa shape index (κ3) is 1.45. The molecule has 1 aliphatic rings. The molecule has 4 heteroatoms. The molecule has 1 saturated heterocycles. The normalized spacial score (nSPS) is 25.1. The molecule has 1 fully saturated rings. The molecule has 0 aromatic heterocycles. The van der Waals surface area contributed by atoms with Crippen LogP contribution in [0.2, 0.25) is 0 Å². The van der Waals surface area contributed by atoms with Gasteiger partial charge >= 0.3 is 0 Å². The van der Waals surface area contributed by atoms with Crippen molar-refractivity contribution >= 4 is 6.29 Å². The van der Waals surface area contributed by atoms with E-state index in [-0.39, 0.29) is 19.6 Å². The number of likely N-dealkylation sites (tertiary alicyclic amines) is 1. The van der Waals surface area contributed by atoms with Crippen LogP contribution in [0.4, 0.5) is 8.78 Å². The second-order valence-corrected chi connectivity index (χ2v) is 2.19. The van der Waals surface area contributed by atoms with Crippen LogP contribution in [-0.2, 0) is 4.79 Å². The van der Waals surface area contributed by atoms with Crippen LogP contribution in [-0.4, -0.2) is 36.7 Å². The minimum Gasteiger partial charge on any atom is -0.302 e. The molecule has 0 amide bonds. The van der Waals surface area contributed by atoms with Crippen LogP contribution >= 0.6 is 0 Å². The summed E-state index contributed by atoms with van der Waals surface area (Å²) < 4.78 is 23.9. The Labute approximate surface area is 51.4 Å². The molecule has 0 aliphatic carbocycles. The summed E-state index contributed by atoms with van der Waals surface area (Å²) in [5.41, 5.74) is 0. The quantitative estimate of drug-likeness (QED) is 0.502. The van der Waals surface area contributed by atoms with Crippen molar-refractivity contribution in [2.24, 2.45) is 0 Å². The number of rotatable bonds is 2. The van der Waals surface area contributed by atoms with Crippen molar-refractivity contribution in [2.75, 3.05) is 19.6 Å². The molecule has 9 heavy (non-hydrogen) atoms. The number of hydrogen-bond donors (Lipinski definition) is 0. The summed E-state index contributed by atoms with van der Waals surface area (Å²) in [6, 6.07) is 0. The molecule has 0 spiro atoms. The molecule has 0 bridgehead atoms. The molecular weight excluding hydrogens is 128 g/mol. The van der Waals surface area contributed by atoms with E-state index >= 15 is 0 Å². The fourth-order valence-corrected chi connectivity index (χ4v) is 0.842. The van der Waals surface area contributed by atoms with Gasteiger partial charge in [0.25, 0.3) is 5.92 Å². The Morgan fingerprint density at radius 2 is 2.11 bits per heavy atom. The van der Waals surface area contributed by atoms with Crippen molar-refractivity contribution in [3.63, 3.8) is 0 Å². The number of carbonyl (C=O) groups excluding carboxylic acids is 1. The highest BCUT2D eigenvalue weighted by Gasteiger charge is 2.43. The van der Waals surface area contributed by atoms with Crippen LogP contribution in [0.3, 0.4) is 0 Å². The summed E-state index contributed by atoms with van der Waals surface area (Å²) in [7, 11) is 0. The Morgan fingerprint density at radius 1 is 1.56 bits per heavy atom. The van der Waals surface area contributed by atoms with E-state index in [4.69, 9.17) is 0 Å². The monoisotopic (exact) mass is 135 g/mol. The first-order valence-electron chi connectivity index (χ1n) is 2.68. The Kier molecular flexibility index (Phi) is 1.48. The first-order chi connectivity index (χ1) is 4.14. The first kappa shape index (κ1) is 6.61. The highest BCUT2D eigenvalue weighted by Crippen LogP contribution is 2.25. The van der Waals surface area contributed by atoms with E-state index in [1.54, 1.807) is 0 Å². The van der Waals surface area contributed by atoms with E-state index in [1.165, 1.54) is 4.90 Å². The van der Waals surface area contributed by atoms with Gasteiger partial charge in [0.05, 0.1) is 19.6 Å². The molecule has 1 aliphatic heterocycles. The van der Waals surface area contributed by atoms with Crippen LogP contribution in [0.5, 0.6) is 0 Å². The maximum absolute atomic E-state index is 12.0. The summed E-state index contributed by atoms with van der Waals surface area (Å²) in [6.45, 7) is -0.382. The molecular formula is C5H7F2NO. The van der Waals surface area contributed by atoms with Crippen molar-refractivity contribution < 1.29 is 13.6 Å². The fraction of sp³-hybridized carbons (Fsp3) is 0.800. The number of nitrogens with zero attached hydrogens (tertiary/aromatic N) is 1. The number of halogens is 2. The SMILES string of the molecule is O=CCN1CC(F)(F)C1. The van der Waals surface area contributed by atoms with Gasteiger partial charge in [-0.05, 0) is 0 Å². The maximum atomic E-state index is 12.0. The van der Waals surface area contributed by atoms with Crippen LogP contribution in [0, 0.1) is 0 Å². The van der Waals surface area contributed by atoms with E-state index in [1.807, 2.05) is 0 Å². The fourth-order valence-electron chi connectivity index (χ4n) is 0.842. The third-order valence-electron chi connectivity index (χ3n) is 1.24. The average Bonchev–Trinajstić information content (AvgIpc) is 1.62. The topological polar surface area (TPSA) is 20.3 Å². The van der Waals surface area contributed by atoms with Crippen LogP contribution < -0.4 is 0 Å². The molecule has 52 valence electrons. The summed E-state index contributed by atoms with van der Waals surface area (Å²) in [5, 5.41) is 0. The molecule has 0 N–H and O–H groups in total. The van der Waals surface area contributed by atoms with E-state index in [9.17, 15) is 13.6 Å². The van der Waals surface area contributed by atoms with Gasteiger partial charge < -0.3 is 4.79 Å². The van der Waals surface area contributed by atoms with E-state index in [2.05, 4.69) is 0 Å². The Bertz CT molecular complexity index is 118. The zero-order valence-electron chi connectivity index (χ0n) is 4.81. The molecule has 0 saturated carbocycles. The second kappa shape index (κ2) is 2.02. The van der Waals surface area contributed by atoms with Gasteiger partial charge in [-0.3, -0.25) is 4.90 Å². The standard InChI is InChI=1S/C5H7F2NO/c6-5(7)3-8(4-5)1-2-9/h2H,1,3-4H2. The van der Waals surface area contributed by atoms with Crippen molar-refractivity contribution in [1.29, 1.82) is 0 Å². The largest absolute Gasteiger partial charge is 0.302 e. The van der Waals surface area contributed by atoms with Gasteiger partial charge in [-0.2, -0.15) is 0 Å². The van der Waals surface area contributed by atoms with Gasteiger partial charge in [0.15, 0.2) is 0 Å². The molecule has 1 heterocycles. The van der Waals surface area contributed by atoms with Crippen LogP contribution in [0.25, 0.3) is 0 Å². The predicted octanol–water partition coefficient (Wildman–Crippen LogP) is 0.136. The summed E-state index contributed by atoms with van der Waals surface area (Å²) >= 11 is 0. The number of hydrogen-bond acceptors (Lipinski definition) is 2. The molecule has 0 radical (unpaired) electrons. The molecule has 0 aromatic rings. The number of carbonyl (C=O) groups is 1. The average molecular weight is 135 g/mol. The predicted molar refractivity (Wildman–Crippen MR) is 27.5 cm³/mol.